The first kappa shape index (κ1) is 14.2. The lowest BCUT2D eigenvalue weighted by Crippen LogP contribution is -2.38. The summed E-state index contributed by atoms with van der Waals surface area (Å²) in [5, 5.41) is 19.0. The topological polar surface area (TPSA) is 96.0 Å². The third kappa shape index (κ3) is 2.42. The van der Waals surface area contributed by atoms with Crippen LogP contribution in [0.4, 0.5) is 5.69 Å². The van der Waals surface area contributed by atoms with Gasteiger partial charge in [0.15, 0.2) is 11.5 Å². The molecule has 20 heavy (non-hydrogen) atoms. The van der Waals surface area contributed by atoms with Gasteiger partial charge in [-0.2, -0.15) is 0 Å². The van der Waals surface area contributed by atoms with Gasteiger partial charge in [0.1, 0.15) is 0 Å². The van der Waals surface area contributed by atoms with Crippen molar-refractivity contribution in [1.82, 2.24) is 4.90 Å². The van der Waals surface area contributed by atoms with Crippen molar-refractivity contribution in [3.8, 4) is 11.5 Å². The van der Waals surface area contributed by atoms with Crippen molar-refractivity contribution in [2.75, 3.05) is 26.0 Å². The number of benzene rings is 1. The standard InChI is InChI=1S/C14H18N2O4/c1-8-3-9(7-17)16(6-8)14(19)10-4-13(20-2)12(18)5-11(10)15/h4-5,9,17-18H,1,3,6-7,15H2,2H3. The van der Waals surface area contributed by atoms with Crippen LogP contribution >= 0.6 is 0 Å². The average molecular weight is 278 g/mol. The van der Waals surface area contributed by atoms with Crippen LogP contribution in [0.25, 0.3) is 0 Å². The van der Waals surface area contributed by atoms with Gasteiger partial charge >= 0.3 is 0 Å². The Morgan fingerprint density at radius 3 is 2.90 bits per heavy atom. The van der Waals surface area contributed by atoms with Crippen LogP contribution in [0, 0.1) is 0 Å². The smallest absolute Gasteiger partial charge is 0.256 e. The quantitative estimate of drug-likeness (QED) is 0.560. The molecule has 0 bridgehead atoms. The summed E-state index contributed by atoms with van der Waals surface area (Å²) >= 11 is 0. The van der Waals surface area contributed by atoms with Gasteiger partial charge in [0, 0.05) is 18.3 Å². The second-order valence-corrected chi connectivity index (χ2v) is 4.83. The Morgan fingerprint density at radius 2 is 2.30 bits per heavy atom. The highest BCUT2D eigenvalue weighted by Gasteiger charge is 2.32. The van der Waals surface area contributed by atoms with E-state index in [9.17, 15) is 15.0 Å². The highest BCUT2D eigenvalue weighted by atomic mass is 16.5. The predicted octanol–water partition coefficient (Wildman–Crippen LogP) is 0.746. The Kier molecular flexibility index (Phi) is 3.85. The summed E-state index contributed by atoms with van der Waals surface area (Å²) in [6.45, 7) is 4.12. The van der Waals surface area contributed by atoms with Crippen LogP contribution in [0.1, 0.15) is 16.8 Å². The zero-order valence-electron chi connectivity index (χ0n) is 11.3. The van der Waals surface area contributed by atoms with E-state index in [1.807, 2.05) is 0 Å². The normalized spacial score (nSPS) is 18.4. The number of nitrogens with two attached hydrogens (primary N) is 1. The minimum Gasteiger partial charge on any atom is -0.504 e. The van der Waals surface area contributed by atoms with Gasteiger partial charge in [-0.05, 0) is 12.5 Å². The van der Waals surface area contributed by atoms with Crippen molar-refractivity contribution >= 4 is 11.6 Å². The molecule has 1 aromatic carbocycles. The lowest BCUT2D eigenvalue weighted by molar-refractivity contribution is 0.0680. The number of phenols is 1. The summed E-state index contributed by atoms with van der Waals surface area (Å²) in [4.78, 5) is 14.1. The number of carbonyl (C=O) groups excluding carboxylic acids is 1. The Balaban J connectivity index is 2.36. The number of aliphatic hydroxyl groups excluding tert-OH is 1. The van der Waals surface area contributed by atoms with Gasteiger partial charge in [-0.25, -0.2) is 0 Å². The number of carbonyl (C=O) groups is 1. The lowest BCUT2D eigenvalue weighted by Gasteiger charge is -2.23. The van der Waals surface area contributed by atoms with Crippen molar-refractivity contribution in [3.63, 3.8) is 0 Å². The molecule has 1 saturated heterocycles. The maximum Gasteiger partial charge on any atom is 0.256 e. The van der Waals surface area contributed by atoms with E-state index in [1.54, 1.807) is 0 Å². The zero-order chi connectivity index (χ0) is 14.9. The number of methoxy groups -OCH3 is 1. The number of phenolic OH excluding ortho intramolecular Hbond substituents is 1. The minimum absolute atomic E-state index is 0.119. The fourth-order valence-corrected chi connectivity index (χ4v) is 2.37. The molecule has 6 heteroatoms. The fourth-order valence-electron chi connectivity index (χ4n) is 2.37. The summed E-state index contributed by atoms with van der Waals surface area (Å²) in [5.74, 6) is -0.245. The fraction of sp³-hybridized carbons (Fsp3) is 0.357. The predicted molar refractivity (Wildman–Crippen MR) is 74.7 cm³/mol. The molecule has 1 aliphatic rings. The first-order valence-electron chi connectivity index (χ1n) is 6.22. The number of rotatable bonds is 3. The Labute approximate surface area is 117 Å². The molecule has 1 heterocycles. The average Bonchev–Trinajstić information content (AvgIpc) is 2.79. The number of aromatic hydroxyl groups is 1. The summed E-state index contributed by atoms with van der Waals surface area (Å²) in [5.41, 5.74) is 7.09. The molecule has 1 aromatic rings. The molecule has 0 spiro atoms. The third-order valence-electron chi connectivity index (χ3n) is 3.41. The van der Waals surface area contributed by atoms with E-state index >= 15 is 0 Å². The Morgan fingerprint density at radius 1 is 1.60 bits per heavy atom. The maximum atomic E-state index is 12.5. The van der Waals surface area contributed by atoms with E-state index in [0.717, 1.165) is 5.57 Å². The monoisotopic (exact) mass is 278 g/mol. The largest absolute Gasteiger partial charge is 0.504 e. The summed E-state index contributed by atoms with van der Waals surface area (Å²) in [7, 11) is 1.40. The van der Waals surface area contributed by atoms with Crippen LogP contribution in [-0.4, -0.2) is 47.3 Å². The Hall–Kier alpha value is -2.21. The molecule has 4 N–H and O–H groups in total. The van der Waals surface area contributed by atoms with E-state index in [0.29, 0.717) is 13.0 Å². The van der Waals surface area contributed by atoms with E-state index in [2.05, 4.69) is 6.58 Å². The van der Waals surface area contributed by atoms with Gasteiger partial charge in [-0.1, -0.05) is 12.2 Å². The van der Waals surface area contributed by atoms with Gasteiger partial charge in [0.2, 0.25) is 0 Å². The first-order valence-corrected chi connectivity index (χ1v) is 6.22. The van der Waals surface area contributed by atoms with Crippen LogP contribution in [-0.2, 0) is 0 Å². The Bertz CT molecular complexity index is 556. The molecule has 0 aliphatic carbocycles. The van der Waals surface area contributed by atoms with Crippen molar-refractivity contribution in [1.29, 1.82) is 0 Å². The van der Waals surface area contributed by atoms with Crippen molar-refractivity contribution in [2.24, 2.45) is 0 Å². The zero-order valence-corrected chi connectivity index (χ0v) is 11.3. The molecule has 1 atom stereocenters. The van der Waals surface area contributed by atoms with Crippen molar-refractivity contribution < 1.29 is 19.7 Å². The number of likely N-dealkylation sites (tertiary alicyclic amines) is 1. The SMILES string of the molecule is C=C1CC(CO)N(C(=O)c2cc(OC)c(O)cc2N)C1. The summed E-state index contributed by atoms with van der Waals surface area (Å²) in [6.07, 6.45) is 0.581. The number of hydrogen-bond donors (Lipinski definition) is 3. The van der Waals surface area contributed by atoms with Gasteiger partial charge in [0.25, 0.3) is 5.91 Å². The molecule has 1 amide bonds. The van der Waals surface area contributed by atoms with Crippen LogP contribution < -0.4 is 10.5 Å². The third-order valence-corrected chi connectivity index (χ3v) is 3.41. The summed E-state index contributed by atoms with van der Waals surface area (Å²) in [6, 6.07) is 2.40. The van der Waals surface area contributed by atoms with Crippen LogP contribution in [0.3, 0.4) is 0 Å². The van der Waals surface area contributed by atoms with Gasteiger partial charge in [0.05, 0.1) is 25.3 Å². The molecule has 0 saturated carbocycles. The van der Waals surface area contributed by atoms with Gasteiger partial charge in [-0.15, -0.1) is 0 Å². The second kappa shape index (κ2) is 5.42. The molecular formula is C14H18N2O4. The number of aliphatic hydroxyl groups is 1. The lowest BCUT2D eigenvalue weighted by atomic mass is 10.1. The summed E-state index contributed by atoms with van der Waals surface area (Å²) < 4.78 is 4.98. The maximum absolute atomic E-state index is 12.5. The molecule has 0 radical (unpaired) electrons. The van der Waals surface area contributed by atoms with Crippen LogP contribution in [0.5, 0.6) is 11.5 Å². The van der Waals surface area contributed by atoms with Gasteiger partial charge < -0.3 is 25.6 Å². The molecule has 1 aliphatic heterocycles. The van der Waals surface area contributed by atoms with Crippen LogP contribution in [0.2, 0.25) is 0 Å². The van der Waals surface area contributed by atoms with Crippen molar-refractivity contribution in [2.45, 2.75) is 12.5 Å². The number of nitrogen functional groups attached to an aromatic ring is 1. The number of hydrogen-bond acceptors (Lipinski definition) is 5. The molecular weight excluding hydrogens is 260 g/mol. The number of amides is 1. The molecule has 108 valence electrons. The first-order chi connectivity index (χ1) is 9.47. The van der Waals surface area contributed by atoms with E-state index in [-0.39, 0.29) is 41.3 Å². The number of ether oxygens (including phenoxy) is 1. The van der Waals surface area contributed by atoms with E-state index < -0.39 is 0 Å². The molecule has 6 nitrogen and oxygen atoms in total. The van der Waals surface area contributed by atoms with E-state index in [4.69, 9.17) is 10.5 Å². The molecule has 2 rings (SSSR count). The number of nitrogens with zero attached hydrogens (tertiary/aromatic N) is 1. The number of anilines is 1. The molecule has 1 unspecified atom stereocenters. The van der Waals surface area contributed by atoms with Gasteiger partial charge in [-0.3, -0.25) is 4.79 Å². The molecule has 1 fully saturated rings. The van der Waals surface area contributed by atoms with Crippen LogP contribution in [0.15, 0.2) is 24.3 Å². The second-order valence-electron chi connectivity index (χ2n) is 4.83. The van der Waals surface area contributed by atoms with E-state index in [1.165, 1.54) is 24.1 Å². The molecule has 0 aromatic heterocycles. The van der Waals surface area contributed by atoms with Crippen molar-refractivity contribution in [3.05, 3.63) is 29.8 Å². The minimum atomic E-state index is -0.307. The highest BCUT2D eigenvalue weighted by molar-refractivity contribution is 6.00. The highest BCUT2D eigenvalue weighted by Crippen LogP contribution is 2.33.